The van der Waals surface area contributed by atoms with Gasteiger partial charge in [0.05, 0.1) is 17.4 Å². The molecule has 6 heteroatoms. The van der Waals surface area contributed by atoms with Crippen molar-refractivity contribution in [1.29, 1.82) is 0 Å². The van der Waals surface area contributed by atoms with Crippen molar-refractivity contribution in [3.8, 4) is 11.3 Å². The molecule has 3 aromatic heterocycles. The average Bonchev–Trinajstić information content (AvgIpc) is 3.04. The highest BCUT2D eigenvalue weighted by Crippen LogP contribution is 2.29. The number of fused-ring (bicyclic) bond motifs is 2. The summed E-state index contributed by atoms with van der Waals surface area (Å²) in [6.07, 6.45) is 6.47. The molecule has 0 bridgehead atoms. The van der Waals surface area contributed by atoms with Crippen LogP contribution in [-0.2, 0) is 11.3 Å². The predicted octanol–water partition coefficient (Wildman–Crippen LogP) is 3.22. The largest absolute Gasteiger partial charge is 0.370 e. The first-order chi connectivity index (χ1) is 12.6. The molecular weight excluding hydrogens is 326 g/mol. The van der Waals surface area contributed by atoms with Crippen LogP contribution in [-0.4, -0.2) is 25.7 Å². The van der Waals surface area contributed by atoms with Gasteiger partial charge in [0.1, 0.15) is 5.52 Å². The van der Waals surface area contributed by atoms with E-state index in [4.69, 9.17) is 10.7 Å². The van der Waals surface area contributed by atoms with Crippen LogP contribution in [0.15, 0.2) is 48.9 Å². The second-order valence-electron chi connectivity index (χ2n) is 6.40. The van der Waals surface area contributed by atoms with E-state index in [1.54, 1.807) is 12.4 Å². The molecule has 0 unspecified atom stereocenters. The van der Waals surface area contributed by atoms with Crippen LogP contribution in [0.4, 0.5) is 0 Å². The summed E-state index contributed by atoms with van der Waals surface area (Å²) in [5.74, 6) is -0.288. The van der Waals surface area contributed by atoms with Crippen LogP contribution in [0.3, 0.4) is 0 Å². The molecule has 0 fully saturated rings. The number of aromatic nitrogens is 4. The van der Waals surface area contributed by atoms with Crippen LogP contribution in [0.1, 0.15) is 18.4 Å². The number of hydrogen-bond acceptors (Lipinski definition) is 4. The van der Waals surface area contributed by atoms with Gasteiger partial charge in [0, 0.05) is 36.3 Å². The van der Waals surface area contributed by atoms with Crippen LogP contribution in [0, 0.1) is 6.92 Å². The Kier molecular flexibility index (Phi) is 4.08. The van der Waals surface area contributed by atoms with Crippen molar-refractivity contribution in [2.45, 2.75) is 26.3 Å². The summed E-state index contributed by atoms with van der Waals surface area (Å²) in [4.78, 5) is 20.0. The fraction of sp³-hybridized carbons (Fsp3) is 0.200. The number of pyridine rings is 2. The van der Waals surface area contributed by atoms with Gasteiger partial charge < -0.3 is 5.73 Å². The lowest BCUT2D eigenvalue weighted by atomic mass is 10.0. The van der Waals surface area contributed by atoms with Crippen LogP contribution in [0.5, 0.6) is 0 Å². The van der Waals surface area contributed by atoms with E-state index in [2.05, 4.69) is 29.1 Å². The minimum Gasteiger partial charge on any atom is -0.370 e. The number of primary amides is 1. The van der Waals surface area contributed by atoms with Crippen molar-refractivity contribution < 1.29 is 4.79 Å². The molecular formula is C20H19N5O. The van der Waals surface area contributed by atoms with E-state index in [1.165, 1.54) is 0 Å². The third-order valence-electron chi connectivity index (χ3n) is 4.54. The van der Waals surface area contributed by atoms with Gasteiger partial charge in [-0.25, -0.2) is 4.98 Å². The molecule has 4 rings (SSSR count). The second-order valence-corrected chi connectivity index (χ2v) is 6.40. The third-order valence-corrected chi connectivity index (χ3v) is 4.54. The lowest BCUT2D eigenvalue weighted by Gasteiger charge is -2.09. The number of aryl methyl sites for hydroxylation is 2. The van der Waals surface area contributed by atoms with Crippen LogP contribution < -0.4 is 5.73 Å². The maximum Gasteiger partial charge on any atom is 0.217 e. The van der Waals surface area contributed by atoms with Gasteiger partial charge >= 0.3 is 0 Å². The Labute approximate surface area is 150 Å². The molecule has 0 atom stereocenters. The van der Waals surface area contributed by atoms with E-state index in [0.717, 1.165) is 38.6 Å². The predicted molar refractivity (Wildman–Crippen MR) is 101 cm³/mol. The fourth-order valence-corrected chi connectivity index (χ4v) is 3.35. The van der Waals surface area contributed by atoms with Gasteiger partial charge in [0.2, 0.25) is 5.91 Å². The van der Waals surface area contributed by atoms with Crippen molar-refractivity contribution >= 4 is 27.7 Å². The number of hydrogen-bond donors (Lipinski definition) is 1. The first kappa shape index (κ1) is 16.2. The molecule has 0 radical (unpaired) electrons. The summed E-state index contributed by atoms with van der Waals surface area (Å²) >= 11 is 0. The van der Waals surface area contributed by atoms with Gasteiger partial charge in [-0.2, -0.15) is 5.10 Å². The van der Waals surface area contributed by atoms with Gasteiger partial charge in [0.15, 0.2) is 0 Å². The first-order valence-electron chi connectivity index (χ1n) is 8.58. The van der Waals surface area contributed by atoms with Crippen molar-refractivity contribution in [3.05, 3.63) is 54.5 Å². The molecule has 1 amide bonds. The zero-order valence-corrected chi connectivity index (χ0v) is 14.5. The highest BCUT2D eigenvalue weighted by Gasteiger charge is 2.12. The third kappa shape index (κ3) is 2.90. The van der Waals surface area contributed by atoms with Crippen molar-refractivity contribution in [1.82, 2.24) is 19.7 Å². The molecule has 1 aromatic carbocycles. The maximum atomic E-state index is 10.9. The zero-order chi connectivity index (χ0) is 18.1. The molecule has 130 valence electrons. The number of rotatable bonds is 5. The van der Waals surface area contributed by atoms with Gasteiger partial charge in [-0.1, -0.05) is 18.2 Å². The summed E-state index contributed by atoms with van der Waals surface area (Å²) in [5, 5.41) is 6.66. The normalized spacial score (nSPS) is 11.3. The monoisotopic (exact) mass is 345 g/mol. The van der Waals surface area contributed by atoms with Crippen LogP contribution in [0.25, 0.3) is 33.1 Å². The van der Waals surface area contributed by atoms with Gasteiger partial charge in [-0.3, -0.25) is 14.5 Å². The van der Waals surface area contributed by atoms with Crippen molar-refractivity contribution in [3.63, 3.8) is 0 Å². The van der Waals surface area contributed by atoms with Crippen molar-refractivity contribution in [2.75, 3.05) is 0 Å². The Morgan fingerprint density at radius 3 is 2.96 bits per heavy atom. The van der Waals surface area contributed by atoms with E-state index < -0.39 is 0 Å². The fourth-order valence-electron chi connectivity index (χ4n) is 3.35. The molecule has 2 N–H and O–H groups in total. The van der Waals surface area contributed by atoms with Gasteiger partial charge in [0.25, 0.3) is 0 Å². The average molecular weight is 345 g/mol. The molecule has 0 saturated carbocycles. The smallest absolute Gasteiger partial charge is 0.217 e. The molecule has 6 nitrogen and oxygen atoms in total. The van der Waals surface area contributed by atoms with E-state index in [1.807, 2.05) is 29.1 Å². The summed E-state index contributed by atoms with van der Waals surface area (Å²) in [6.45, 7) is 2.71. The van der Waals surface area contributed by atoms with Gasteiger partial charge in [-0.05, 0) is 36.4 Å². The van der Waals surface area contributed by atoms with Crippen LogP contribution in [0.2, 0.25) is 0 Å². The second kappa shape index (κ2) is 6.55. The summed E-state index contributed by atoms with van der Waals surface area (Å²) < 4.78 is 1.90. The Hall–Kier alpha value is -3.28. The number of benzene rings is 1. The number of nitrogens with two attached hydrogens (primary N) is 1. The van der Waals surface area contributed by atoms with Crippen LogP contribution >= 0.6 is 0 Å². The van der Waals surface area contributed by atoms with Crippen molar-refractivity contribution in [2.24, 2.45) is 5.73 Å². The standard InChI is InChI=1S/C20H19N5O/c1-13-10-17(16-5-2-4-14-11-22-8-7-15(14)16)24-18-12-23-25(20(13)18)9-3-6-19(21)26/h2,4-5,7-8,10-12H,3,6,9H2,1H3,(H2,21,26). The maximum absolute atomic E-state index is 10.9. The first-order valence-corrected chi connectivity index (χ1v) is 8.58. The Balaban J connectivity index is 1.77. The molecule has 4 aromatic rings. The molecule has 0 saturated heterocycles. The molecule has 26 heavy (non-hydrogen) atoms. The Morgan fingerprint density at radius 2 is 2.12 bits per heavy atom. The minimum atomic E-state index is -0.288. The Bertz CT molecular complexity index is 1110. The van der Waals surface area contributed by atoms with Gasteiger partial charge in [-0.15, -0.1) is 0 Å². The number of nitrogens with zero attached hydrogens (tertiary/aromatic N) is 4. The molecule has 0 aliphatic carbocycles. The molecule has 0 aliphatic rings. The summed E-state index contributed by atoms with van der Waals surface area (Å²) in [6, 6.07) is 10.2. The summed E-state index contributed by atoms with van der Waals surface area (Å²) in [5.41, 5.74) is 10.2. The quantitative estimate of drug-likeness (QED) is 0.602. The van der Waals surface area contributed by atoms with E-state index >= 15 is 0 Å². The lowest BCUT2D eigenvalue weighted by molar-refractivity contribution is -0.118. The zero-order valence-electron chi connectivity index (χ0n) is 14.5. The van der Waals surface area contributed by atoms with E-state index in [0.29, 0.717) is 19.4 Å². The molecule has 0 aliphatic heterocycles. The number of amides is 1. The lowest BCUT2D eigenvalue weighted by Crippen LogP contribution is -2.12. The topological polar surface area (TPSA) is 86.7 Å². The SMILES string of the molecule is Cc1cc(-c2cccc3cnccc23)nc2cnn(CCCC(N)=O)c12. The molecule has 3 heterocycles. The minimum absolute atomic E-state index is 0.288. The number of carbonyl (C=O) groups excluding carboxylic acids is 1. The number of carbonyl (C=O) groups is 1. The summed E-state index contributed by atoms with van der Waals surface area (Å²) in [7, 11) is 0. The molecule has 0 spiro atoms. The Morgan fingerprint density at radius 1 is 1.23 bits per heavy atom. The highest BCUT2D eigenvalue weighted by molar-refractivity contribution is 5.96. The van der Waals surface area contributed by atoms with E-state index in [9.17, 15) is 4.79 Å². The van der Waals surface area contributed by atoms with E-state index in [-0.39, 0.29) is 5.91 Å². The highest BCUT2D eigenvalue weighted by atomic mass is 16.1.